The fourth-order valence-corrected chi connectivity index (χ4v) is 6.17. The number of likely N-dealkylation sites (tertiary alicyclic amines) is 1. The van der Waals surface area contributed by atoms with E-state index in [1.165, 1.54) is 5.56 Å². The molecule has 2 amide bonds. The third-order valence-corrected chi connectivity index (χ3v) is 8.79. The second kappa shape index (κ2) is 16.7. The molecule has 1 saturated heterocycles. The van der Waals surface area contributed by atoms with Gasteiger partial charge >= 0.3 is 21.1 Å². The predicted molar refractivity (Wildman–Crippen MR) is 181 cm³/mol. The zero-order chi connectivity index (χ0) is 32.6. The molecule has 2 aliphatic rings. The summed E-state index contributed by atoms with van der Waals surface area (Å²) >= 11 is 0. The first-order valence-corrected chi connectivity index (χ1v) is 15.9. The van der Waals surface area contributed by atoms with E-state index in [4.69, 9.17) is 4.74 Å². The number of allylic oxidation sites excluding steroid dienone is 3. The monoisotopic (exact) mass is 802 g/mol. The van der Waals surface area contributed by atoms with Gasteiger partial charge in [0.05, 0.1) is 18.7 Å². The van der Waals surface area contributed by atoms with Crippen LogP contribution in [0.25, 0.3) is 11.6 Å². The van der Waals surface area contributed by atoms with Crippen LogP contribution < -0.4 is 15.4 Å². The maximum Gasteiger partial charge on any atom is 2.00 e. The first-order valence-electron chi connectivity index (χ1n) is 15.9. The molecule has 1 unspecified atom stereocenters. The van der Waals surface area contributed by atoms with Gasteiger partial charge in [-0.3, -0.25) is 20.1 Å². The number of nitrogens with one attached hydrogen (secondary N) is 3. The molecule has 1 aromatic heterocycles. The first-order chi connectivity index (χ1) is 22.2. The Hall–Kier alpha value is -4.00. The van der Waals surface area contributed by atoms with E-state index in [1.807, 2.05) is 45.3 Å². The zero-order valence-electron chi connectivity index (χ0n) is 27.4. The molecule has 1 aliphatic heterocycles. The zero-order valence-corrected chi connectivity index (χ0v) is 30.4. The maximum absolute atomic E-state index is 13.4. The minimum atomic E-state index is -0.232. The van der Waals surface area contributed by atoms with Crippen molar-refractivity contribution >= 4 is 29.7 Å². The van der Waals surface area contributed by atoms with Crippen molar-refractivity contribution in [1.82, 2.24) is 20.5 Å². The maximum atomic E-state index is 13.4. The molecule has 47 heavy (non-hydrogen) atoms. The van der Waals surface area contributed by atoms with E-state index in [1.54, 1.807) is 31.4 Å². The van der Waals surface area contributed by atoms with Gasteiger partial charge in [-0.25, -0.2) is 11.6 Å². The standard InChI is InChI=1S/C38H42N4O4.W/c1-25-35(22-32(24-43)30-13-9-14-31(21-30)37(44)40-26(2)29-11-6-5-7-12-29)39-27(3)36(25)38(45)41-33-16-18-42(19-17-33)23-28-10-8-15-34(20-28)46-4;/h6,8-12,14-15,20-22,26,33,39H,5,7,16-19,23H2,1-4H3,(H,40,44)(H,41,45);/q-2;+2/b32-22+;. The van der Waals surface area contributed by atoms with Crippen molar-refractivity contribution in [3.05, 3.63) is 112 Å². The van der Waals surface area contributed by atoms with Crippen LogP contribution in [0.3, 0.4) is 0 Å². The Kier molecular flexibility index (Phi) is 12.7. The number of rotatable bonds is 11. The minimum Gasteiger partial charge on any atom is -0.497 e. The van der Waals surface area contributed by atoms with E-state index in [9.17, 15) is 14.4 Å². The van der Waals surface area contributed by atoms with Gasteiger partial charge in [0, 0.05) is 37.7 Å². The molecule has 0 spiro atoms. The third kappa shape index (κ3) is 9.09. The number of aryl methyl sites for hydroxylation is 1. The van der Waals surface area contributed by atoms with Crippen LogP contribution in [0.4, 0.5) is 0 Å². The summed E-state index contributed by atoms with van der Waals surface area (Å²) in [4.78, 5) is 44.3. The van der Waals surface area contributed by atoms with E-state index >= 15 is 0 Å². The van der Waals surface area contributed by atoms with Gasteiger partial charge in [0.25, 0.3) is 5.91 Å². The number of ether oxygens (including phenoxy) is 1. The fourth-order valence-electron chi connectivity index (χ4n) is 6.17. The van der Waals surface area contributed by atoms with Gasteiger partial charge in [-0.1, -0.05) is 35.9 Å². The quantitative estimate of drug-likeness (QED) is 0.166. The molecule has 5 rings (SSSR count). The SMILES string of the molecule is COc1cccc(CN2CCC(NC(=O)c3c(C)[nH]c(/C=C(\[C-]=O)c4[c-]ccc(C(=O)NC(C)C5=CCCC=C5)c4)c3C)CC2)c1.[W+2]. The Morgan fingerprint density at radius 1 is 1.15 bits per heavy atom. The fraction of sp³-hybridized carbons (Fsp3) is 0.342. The largest absolute Gasteiger partial charge is 2.00 e. The van der Waals surface area contributed by atoms with E-state index in [0.29, 0.717) is 22.4 Å². The summed E-state index contributed by atoms with van der Waals surface area (Å²) < 4.78 is 5.35. The van der Waals surface area contributed by atoms with E-state index in [0.717, 1.165) is 67.9 Å². The minimum absolute atomic E-state index is 0. The van der Waals surface area contributed by atoms with Crippen molar-refractivity contribution in [3.63, 3.8) is 0 Å². The Morgan fingerprint density at radius 3 is 2.64 bits per heavy atom. The number of piperidine rings is 1. The Balaban J connectivity index is 0.00000500. The number of methoxy groups -OCH3 is 1. The average molecular weight is 803 g/mol. The summed E-state index contributed by atoms with van der Waals surface area (Å²) in [6.45, 7) is 8.31. The van der Waals surface area contributed by atoms with E-state index in [2.05, 4.69) is 50.9 Å². The number of benzene rings is 2. The number of H-pyrrole nitrogens is 1. The normalized spacial score (nSPS) is 16.1. The summed E-state index contributed by atoms with van der Waals surface area (Å²) in [5.41, 5.74) is 6.09. The number of nitrogens with zero attached hydrogens (tertiary/aromatic N) is 1. The van der Waals surface area contributed by atoms with Gasteiger partial charge in [-0.2, -0.15) is 18.2 Å². The van der Waals surface area contributed by atoms with Crippen molar-refractivity contribution in [2.75, 3.05) is 20.2 Å². The molecule has 2 aromatic carbocycles. The number of aromatic amines is 1. The second-order valence-corrected chi connectivity index (χ2v) is 12.1. The van der Waals surface area contributed by atoms with Crippen LogP contribution in [0.15, 0.2) is 66.3 Å². The van der Waals surface area contributed by atoms with Crippen molar-refractivity contribution in [2.45, 2.75) is 65.1 Å². The molecule has 3 aromatic rings. The van der Waals surface area contributed by atoms with Gasteiger partial charge in [0.1, 0.15) is 5.75 Å². The van der Waals surface area contributed by atoms with Crippen molar-refractivity contribution in [1.29, 1.82) is 0 Å². The van der Waals surface area contributed by atoms with Gasteiger partial charge in [-0.15, -0.1) is 6.07 Å². The summed E-state index contributed by atoms with van der Waals surface area (Å²) in [5.74, 6) is 0.496. The van der Waals surface area contributed by atoms with E-state index in [-0.39, 0.29) is 50.5 Å². The molecule has 1 aliphatic carbocycles. The van der Waals surface area contributed by atoms with Crippen LogP contribution in [-0.2, 0) is 32.4 Å². The number of hydrogen-bond acceptors (Lipinski definition) is 5. The average Bonchev–Trinajstić information content (AvgIpc) is 3.36. The van der Waals surface area contributed by atoms with Gasteiger partial charge in [0.2, 0.25) is 5.91 Å². The van der Waals surface area contributed by atoms with E-state index < -0.39 is 0 Å². The number of hydrogen-bond donors (Lipinski definition) is 3. The molecule has 0 saturated carbocycles. The number of amides is 2. The summed E-state index contributed by atoms with van der Waals surface area (Å²) in [5, 5.41) is 6.26. The summed E-state index contributed by atoms with van der Waals surface area (Å²) in [6, 6.07) is 16.1. The number of carbonyl (C=O) groups is 2. The van der Waals surface area contributed by atoms with Gasteiger partial charge in [0.15, 0.2) is 0 Å². The second-order valence-electron chi connectivity index (χ2n) is 12.1. The number of carbonyl (C=O) groups excluding carboxylic acids is 3. The molecule has 0 radical (unpaired) electrons. The van der Waals surface area contributed by atoms with Crippen molar-refractivity contribution < 1.29 is 40.2 Å². The smallest absolute Gasteiger partial charge is 0.497 e. The molecule has 3 N–H and O–H groups in total. The van der Waals surface area contributed by atoms with Gasteiger partial charge < -0.3 is 25.1 Å². The molecular weight excluding hydrogens is 760 g/mol. The molecule has 1 atom stereocenters. The van der Waals surface area contributed by atoms with Crippen molar-refractivity contribution in [3.8, 4) is 5.75 Å². The van der Waals surface area contributed by atoms with Crippen molar-refractivity contribution in [2.24, 2.45) is 0 Å². The molecule has 8 nitrogen and oxygen atoms in total. The number of aromatic nitrogens is 1. The molecule has 244 valence electrons. The van der Waals surface area contributed by atoms with Crippen LogP contribution in [0.2, 0.25) is 0 Å². The topological polar surface area (TPSA) is 104 Å². The van der Waals surface area contributed by atoms with Gasteiger partial charge in [-0.05, 0) is 81.0 Å². The third-order valence-electron chi connectivity index (χ3n) is 8.79. The molecular formula is C38H42N4O4W. The summed E-state index contributed by atoms with van der Waals surface area (Å²) in [7, 11) is 1.68. The van der Waals surface area contributed by atoms with Crippen LogP contribution >= 0.6 is 0 Å². The Morgan fingerprint density at radius 2 is 1.94 bits per heavy atom. The van der Waals surface area contributed by atoms with Crippen LogP contribution in [0.1, 0.15) is 81.4 Å². The van der Waals surface area contributed by atoms with Crippen LogP contribution in [0, 0.1) is 19.9 Å². The predicted octanol–water partition coefficient (Wildman–Crippen LogP) is 5.88. The molecule has 2 heterocycles. The van der Waals surface area contributed by atoms with Crippen LogP contribution in [-0.4, -0.2) is 60.3 Å². The van der Waals surface area contributed by atoms with Crippen LogP contribution in [0.5, 0.6) is 5.75 Å². The molecule has 9 heteroatoms. The molecule has 0 bridgehead atoms. The molecule has 1 fully saturated rings. The summed E-state index contributed by atoms with van der Waals surface area (Å²) in [6.07, 6.45) is 13.7. The first kappa shape index (κ1) is 35.8. The Labute approximate surface area is 292 Å². The Bertz CT molecular complexity index is 1680.